The highest BCUT2D eigenvalue weighted by Gasteiger charge is 2.48. The molecular formula is C14H20N6O3. The summed E-state index contributed by atoms with van der Waals surface area (Å²) in [6.07, 6.45) is 3.33. The van der Waals surface area contributed by atoms with Gasteiger partial charge in [-0.25, -0.2) is 15.0 Å². The quantitative estimate of drug-likeness (QED) is 0.666. The Balaban J connectivity index is 1.76. The number of anilines is 1. The van der Waals surface area contributed by atoms with Crippen LogP contribution in [0.4, 0.5) is 5.82 Å². The number of hydrogen-bond donors (Lipinski definition) is 3. The minimum atomic E-state index is -0.764. The van der Waals surface area contributed by atoms with E-state index in [0.717, 1.165) is 25.9 Å². The lowest BCUT2D eigenvalue weighted by atomic mass is 10.1. The number of ether oxygens (including phenoxy) is 1. The number of nitrogen functional groups attached to an aromatic ring is 1. The van der Waals surface area contributed by atoms with E-state index in [4.69, 9.17) is 10.5 Å². The Morgan fingerprint density at radius 3 is 2.78 bits per heavy atom. The molecule has 0 amide bonds. The molecule has 0 aliphatic carbocycles. The van der Waals surface area contributed by atoms with Gasteiger partial charge >= 0.3 is 0 Å². The van der Waals surface area contributed by atoms with Gasteiger partial charge < -0.3 is 20.7 Å². The minimum absolute atomic E-state index is 0.230. The van der Waals surface area contributed by atoms with Gasteiger partial charge in [-0.1, -0.05) is 0 Å². The van der Waals surface area contributed by atoms with Crippen LogP contribution in [0.15, 0.2) is 12.7 Å². The van der Waals surface area contributed by atoms with Crippen molar-refractivity contribution >= 4 is 17.0 Å². The second-order valence-corrected chi connectivity index (χ2v) is 6.05. The summed E-state index contributed by atoms with van der Waals surface area (Å²) in [6.45, 7) is 1.58. The smallest absolute Gasteiger partial charge is 0.167 e. The summed E-state index contributed by atoms with van der Waals surface area (Å²) < 4.78 is 7.69. The van der Waals surface area contributed by atoms with Crippen molar-refractivity contribution in [2.45, 2.75) is 37.3 Å². The number of aromatic nitrogens is 4. The van der Waals surface area contributed by atoms with Crippen LogP contribution in [-0.4, -0.2) is 72.6 Å². The van der Waals surface area contributed by atoms with E-state index >= 15 is 0 Å². The van der Waals surface area contributed by atoms with Crippen LogP contribution < -0.4 is 5.73 Å². The predicted octanol–water partition coefficient (Wildman–Crippen LogP) is -0.877. The molecule has 0 spiro atoms. The van der Waals surface area contributed by atoms with E-state index in [1.807, 2.05) is 0 Å². The van der Waals surface area contributed by atoms with Crippen LogP contribution in [0.2, 0.25) is 0 Å². The minimum Gasteiger partial charge on any atom is -0.394 e. The van der Waals surface area contributed by atoms with Crippen LogP contribution in [0.5, 0.6) is 0 Å². The molecule has 124 valence electrons. The third-order valence-corrected chi connectivity index (χ3v) is 4.74. The van der Waals surface area contributed by atoms with Crippen molar-refractivity contribution in [1.82, 2.24) is 24.4 Å². The lowest BCUT2D eigenvalue weighted by Crippen LogP contribution is -2.45. The fourth-order valence-corrected chi connectivity index (χ4v) is 3.60. The number of aliphatic hydroxyl groups excluding tert-OH is 2. The maximum absolute atomic E-state index is 10.6. The third-order valence-electron chi connectivity index (χ3n) is 4.74. The van der Waals surface area contributed by atoms with E-state index in [-0.39, 0.29) is 12.6 Å². The van der Waals surface area contributed by atoms with E-state index in [1.165, 1.54) is 6.33 Å². The van der Waals surface area contributed by atoms with Crippen LogP contribution in [0.25, 0.3) is 11.2 Å². The van der Waals surface area contributed by atoms with Gasteiger partial charge in [-0.3, -0.25) is 9.47 Å². The number of likely N-dealkylation sites (tertiary alicyclic amines) is 1. The summed E-state index contributed by atoms with van der Waals surface area (Å²) in [5.41, 5.74) is 6.92. The van der Waals surface area contributed by atoms with Crippen LogP contribution >= 0.6 is 0 Å². The lowest BCUT2D eigenvalue weighted by molar-refractivity contribution is -0.0464. The number of aliphatic hydroxyl groups is 2. The van der Waals surface area contributed by atoms with Crippen molar-refractivity contribution in [3.05, 3.63) is 12.7 Å². The molecule has 9 heteroatoms. The van der Waals surface area contributed by atoms with Crippen molar-refractivity contribution in [2.24, 2.45) is 0 Å². The Morgan fingerprint density at radius 1 is 1.26 bits per heavy atom. The first-order valence-electron chi connectivity index (χ1n) is 7.82. The number of fused-ring (bicyclic) bond motifs is 1. The molecule has 4 N–H and O–H groups in total. The molecule has 4 rings (SSSR count). The first kappa shape index (κ1) is 14.8. The number of imidazole rings is 1. The number of hydrogen-bond acceptors (Lipinski definition) is 8. The van der Waals surface area contributed by atoms with Crippen molar-refractivity contribution in [2.75, 3.05) is 25.4 Å². The molecule has 2 aliphatic heterocycles. The van der Waals surface area contributed by atoms with Gasteiger partial charge in [0.25, 0.3) is 0 Å². The van der Waals surface area contributed by atoms with Gasteiger partial charge in [0.1, 0.15) is 24.1 Å². The van der Waals surface area contributed by atoms with Crippen LogP contribution in [-0.2, 0) is 4.74 Å². The zero-order chi connectivity index (χ0) is 16.0. The zero-order valence-electron chi connectivity index (χ0n) is 12.6. The van der Waals surface area contributed by atoms with Gasteiger partial charge in [-0.15, -0.1) is 0 Å². The molecule has 0 saturated carbocycles. The monoisotopic (exact) mass is 320 g/mol. The second-order valence-electron chi connectivity index (χ2n) is 6.05. The molecule has 2 aliphatic rings. The van der Waals surface area contributed by atoms with Gasteiger partial charge in [-0.2, -0.15) is 0 Å². The zero-order valence-corrected chi connectivity index (χ0v) is 12.6. The molecule has 0 radical (unpaired) electrons. The van der Waals surface area contributed by atoms with Gasteiger partial charge in [0.2, 0.25) is 0 Å². The molecule has 23 heavy (non-hydrogen) atoms. The predicted molar refractivity (Wildman–Crippen MR) is 81.3 cm³/mol. The highest BCUT2D eigenvalue weighted by molar-refractivity contribution is 5.81. The van der Waals surface area contributed by atoms with Crippen LogP contribution in [0.1, 0.15) is 19.1 Å². The maximum Gasteiger partial charge on any atom is 0.167 e. The van der Waals surface area contributed by atoms with Gasteiger partial charge in [0.05, 0.1) is 19.0 Å². The Hall–Kier alpha value is -1.81. The molecule has 4 heterocycles. The standard InChI is InChI=1S/C14H20N6O3/c15-12-9-13(17-6-16-12)20(7-18-9)14-10(19-3-1-2-4-19)11(22)8(5-21)23-14/h6-8,10-11,14,21-22H,1-5H2,(H2,15,16,17)/t8-,10?,11-,14-/m1/s1. The molecule has 9 nitrogen and oxygen atoms in total. The van der Waals surface area contributed by atoms with Crippen molar-refractivity contribution in [3.8, 4) is 0 Å². The van der Waals surface area contributed by atoms with E-state index < -0.39 is 18.4 Å². The average Bonchev–Trinajstić information content (AvgIpc) is 3.25. The fourth-order valence-electron chi connectivity index (χ4n) is 3.60. The largest absolute Gasteiger partial charge is 0.394 e. The summed E-state index contributed by atoms with van der Waals surface area (Å²) in [5, 5.41) is 20.1. The lowest BCUT2D eigenvalue weighted by Gasteiger charge is -2.30. The Morgan fingerprint density at radius 2 is 2.04 bits per heavy atom. The number of nitrogens with zero attached hydrogens (tertiary/aromatic N) is 5. The molecule has 2 aromatic rings. The SMILES string of the molecule is Nc1ncnc2c1ncn2[C@@H]1O[C@H](CO)[C@@H](O)C1N1CCCC1. The average molecular weight is 320 g/mol. The first-order valence-corrected chi connectivity index (χ1v) is 7.82. The van der Waals surface area contributed by atoms with Crippen LogP contribution in [0, 0.1) is 0 Å². The molecule has 0 aromatic carbocycles. The van der Waals surface area contributed by atoms with Gasteiger partial charge in [0.15, 0.2) is 17.7 Å². The summed E-state index contributed by atoms with van der Waals surface area (Å²) >= 11 is 0. The topological polar surface area (TPSA) is 123 Å². The van der Waals surface area contributed by atoms with E-state index in [9.17, 15) is 10.2 Å². The maximum atomic E-state index is 10.6. The molecular weight excluding hydrogens is 300 g/mol. The Kier molecular flexibility index (Phi) is 3.64. The van der Waals surface area contributed by atoms with Gasteiger partial charge in [-0.05, 0) is 25.9 Å². The summed E-state index contributed by atoms with van der Waals surface area (Å²) in [5.74, 6) is 0.309. The molecule has 2 saturated heterocycles. The highest BCUT2D eigenvalue weighted by Crippen LogP contribution is 2.36. The first-order chi connectivity index (χ1) is 11.2. The molecule has 2 fully saturated rings. The molecule has 2 aromatic heterocycles. The second kappa shape index (κ2) is 5.68. The van der Waals surface area contributed by atoms with Crippen molar-refractivity contribution in [3.63, 3.8) is 0 Å². The fraction of sp³-hybridized carbons (Fsp3) is 0.643. The van der Waals surface area contributed by atoms with Crippen molar-refractivity contribution in [1.29, 1.82) is 0 Å². The number of rotatable bonds is 3. The Bertz CT molecular complexity index is 701. The molecule has 1 unspecified atom stereocenters. The summed E-state index contributed by atoms with van der Waals surface area (Å²) in [7, 11) is 0. The molecule has 0 bridgehead atoms. The summed E-state index contributed by atoms with van der Waals surface area (Å²) in [4.78, 5) is 14.7. The normalized spacial score (nSPS) is 32.1. The van der Waals surface area contributed by atoms with Crippen LogP contribution in [0.3, 0.4) is 0 Å². The van der Waals surface area contributed by atoms with Crippen molar-refractivity contribution < 1.29 is 14.9 Å². The van der Waals surface area contributed by atoms with E-state index in [1.54, 1.807) is 10.9 Å². The Labute approximate surface area is 132 Å². The summed E-state index contributed by atoms with van der Waals surface area (Å²) in [6, 6.07) is -0.247. The third kappa shape index (κ3) is 2.27. The van der Waals surface area contributed by atoms with E-state index in [0.29, 0.717) is 17.0 Å². The highest BCUT2D eigenvalue weighted by atomic mass is 16.5. The van der Waals surface area contributed by atoms with Gasteiger partial charge in [0, 0.05) is 0 Å². The molecule has 4 atom stereocenters. The van der Waals surface area contributed by atoms with E-state index in [2.05, 4.69) is 19.9 Å². The number of nitrogens with two attached hydrogens (primary N) is 1.